The first-order chi connectivity index (χ1) is 20.4. The molecule has 42 heavy (non-hydrogen) atoms. The molecule has 1 atom stereocenters. The highest BCUT2D eigenvalue weighted by Crippen LogP contribution is 2.29. The number of benzene rings is 1. The van der Waals surface area contributed by atoms with Crippen LogP contribution in [-0.4, -0.2) is 114 Å². The number of piperidine rings is 1. The normalized spacial score (nSPS) is 17.6. The first-order valence-electron chi connectivity index (χ1n) is 14.6. The Balaban J connectivity index is 1.47. The molecule has 3 aromatic rings. The molecular formula is C29H40F2N8O3. The zero-order chi connectivity index (χ0) is 29.6. The molecule has 2 saturated heterocycles. The summed E-state index contributed by atoms with van der Waals surface area (Å²) >= 11 is 0. The van der Waals surface area contributed by atoms with E-state index in [2.05, 4.69) is 27.2 Å². The largest absolute Gasteiger partial charge is 0.385 e. The van der Waals surface area contributed by atoms with E-state index in [-0.39, 0.29) is 23.7 Å². The number of halogens is 2. The zero-order valence-corrected chi connectivity index (χ0v) is 24.5. The molecule has 5 rings (SSSR count). The van der Waals surface area contributed by atoms with E-state index >= 15 is 0 Å². The van der Waals surface area contributed by atoms with Crippen molar-refractivity contribution in [3.63, 3.8) is 0 Å². The first kappa shape index (κ1) is 30.1. The van der Waals surface area contributed by atoms with Gasteiger partial charge in [-0.2, -0.15) is 9.97 Å². The molecular weight excluding hydrogens is 546 g/mol. The summed E-state index contributed by atoms with van der Waals surface area (Å²) in [6.45, 7) is 7.06. The van der Waals surface area contributed by atoms with E-state index in [1.54, 1.807) is 44.4 Å². The number of amides is 1. The number of rotatable bonds is 11. The Hall–Kier alpha value is -3.42. The minimum Gasteiger partial charge on any atom is -0.385 e. The van der Waals surface area contributed by atoms with Crippen LogP contribution in [0.15, 0.2) is 30.3 Å². The second kappa shape index (κ2) is 13.7. The van der Waals surface area contributed by atoms with E-state index in [0.717, 1.165) is 32.4 Å². The molecule has 0 spiro atoms. The highest BCUT2D eigenvalue weighted by Gasteiger charge is 2.30. The molecule has 0 bridgehead atoms. The van der Waals surface area contributed by atoms with E-state index in [1.807, 2.05) is 9.80 Å². The average Bonchev–Trinajstić information content (AvgIpc) is 3.40. The van der Waals surface area contributed by atoms with Crippen molar-refractivity contribution >= 4 is 28.7 Å². The maximum atomic E-state index is 14.2. The Morgan fingerprint density at radius 3 is 2.55 bits per heavy atom. The van der Waals surface area contributed by atoms with Crippen LogP contribution in [-0.2, 0) is 14.3 Å². The molecule has 11 nitrogen and oxygen atoms in total. The molecule has 2 aromatic heterocycles. The fourth-order valence-corrected chi connectivity index (χ4v) is 5.65. The molecule has 2 fully saturated rings. The number of para-hydroxylation sites is 2. The summed E-state index contributed by atoms with van der Waals surface area (Å²) in [5.41, 5.74) is 0.961. The number of aromatic nitrogens is 4. The van der Waals surface area contributed by atoms with Gasteiger partial charge in [0, 0.05) is 45.5 Å². The van der Waals surface area contributed by atoms with Crippen LogP contribution in [0.25, 0.3) is 16.9 Å². The maximum Gasteiger partial charge on any atom is 0.296 e. The van der Waals surface area contributed by atoms with E-state index in [0.29, 0.717) is 56.3 Å². The molecule has 0 aliphatic carbocycles. The van der Waals surface area contributed by atoms with E-state index in [4.69, 9.17) is 14.5 Å². The van der Waals surface area contributed by atoms with Crippen molar-refractivity contribution in [3.8, 4) is 5.82 Å². The average molecular weight is 587 g/mol. The number of alkyl halides is 2. The van der Waals surface area contributed by atoms with E-state index in [9.17, 15) is 13.6 Å². The second-order valence-corrected chi connectivity index (χ2v) is 10.9. The van der Waals surface area contributed by atoms with Crippen LogP contribution in [0.1, 0.15) is 38.4 Å². The molecule has 1 aromatic carbocycles. The summed E-state index contributed by atoms with van der Waals surface area (Å²) in [4.78, 5) is 33.7. The second-order valence-electron chi connectivity index (χ2n) is 10.9. The van der Waals surface area contributed by atoms with Gasteiger partial charge in [0.1, 0.15) is 17.7 Å². The number of nitrogens with zero attached hydrogens (tertiary/aromatic N) is 7. The van der Waals surface area contributed by atoms with Gasteiger partial charge in [0.25, 0.3) is 6.43 Å². The summed E-state index contributed by atoms with van der Waals surface area (Å²) in [5, 5.41) is 3.20. The van der Waals surface area contributed by atoms with Crippen molar-refractivity contribution in [2.24, 2.45) is 0 Å². The number of ether oxygens (including phenoxy) is 2. The van der Waals surface area contributed by atoms with Crippen LogP contribution < -0.4 is 10.2 Å². The summed E-state index contributed by atoms with van der Waals surface area (Å²) < 4.78 is 40.6. The summed E-state index contributed by atoms with van der Waals surface area (Å²) in [5.74, 6) is 0.558. The van der Waals surface area contributed by atoms with E-state index in [1.165, 1.54) is 4.57 Å². The third-order valence-corrected chi connectivity index (χ3v) is 7.92. The lowest BCUT2D eigenvalue weighted by Gasteiger charge is -2.38. The summed E-state index contributed by atoms with van der Waals surface area (Å²) in [6, 6.07) is 8.16. The third-order valence-electron chi connectivity index (χ3n) is 7.92. The van der Waals surface area contributed by atoms with Crippen molar-refractivity contribution in [3.05, 3.63) is 36.2 Å². The predicted molar refractivity (Wildman–Crippen MR) is 156 cm³/mol. The monoisotopic (exact) mass is 586 g/mol. The standard InChI is InChI=1S/C29H40F2N8O3/c1-20(28(40)38(11-6-16-41-3)21-9-12-36(2)13-10-21)32-29-34-24(37-14-17-42-18-15-37)19-25(35-29)39-23-8-5-4-7-22(23)33-27(39)26(30)31/h4-5,7-8,19-21,26H,6,9-18H2,1-3H3,(H,32,34,35)/t20-/m0/s1. The third kappa shape index (κ3) is 6.79. The Morgan fingerprint density at radius 2 is 1.83 bits per heavy atom. The van der Waals surface area contributed by atoms with Gasteiger partial charge >= 0.3 is 0 Å². The highest BCUT2D eigenvalue weighted by molar-refractivity contribution is 5.84. The van der Waals surface area contributed by atoms with Gasteiger partial charge < -0.3 is 29.5 Å². The van der Waals surface area contributed by atoms with Crippen LogP contribution in [0.4, 0.5) is 20.5 Å². The molecule has 2 aliphatic heterocycles. The van der Waals surface area contributed by atoms with Crippen LogP contribution in [0, 0.1) is 0 Å². The number of nitrogens with one attached hydrogen (secondary N) is 1. The van der Waals surface area contributed by atoms with Gasteiger partial charge in [-0.3, -0.25) is 9.36 Å². The number of carbonyl (C=O) groups is 1. The van der Waals surface area contributed by atoms with Crippen molar-refractivity contribution < 1.29 is 23.0 Å². The molecule has 1 amide bonds. The number of methoxy groups -OCH3 is 1. The summed E-state index contributed by atoms with van der Waals surface area (Å²) in [7, 11) is 3.75. The van der Waals surface area contributed by atoms with Gasteiger partial charge in [-0.05, 0) is 58.5 Å². The van der Waals surface area contributed by atoms with Crippen molar-refractivity contribution in [2.75, 3.05) is 76.9 Å². The Morgan fingerprint density at radius 1 is 1.12 bits per heavy atom. The van der Waals surface area contributed by atoms with Gasteiger partial charge in [-0.15, -0.1) is 0 Å². The number of imidazole rings is 1. The smallest absolute Gasteiger partial charge is 0.296 e. The number of hydrogen-bond acceptors (Lipinski definition) is 9. The topological polar surface area (TPSA) is 101 Å². The van der Waals surface area contributed by atoms with Crippen molar-refractivity contribution in [2.45, 2.75) is 44.7 Å². The van der Waals surface area contributed by atoms with Crippen molar-refractivity contribution in [1.29, 1.82) is 0 Å². The van der Waals surface area contributed by atoms with Crippen LogP contribution >= 0.6 is 0 Å². The van der Waals surface area contributed by atoms with Gasteiger partial charge in [0.15, 0.2) is 5.82 Å². The first-order valence-corrected chi connectivity index (χ1v) is 14.6. The zero-order valence-electron chi connectivity index (χ0n) is 24.5. The number of carbonyl (C=O) groups excluding carboxylic acids is 1. The molecule has 1 N–H and O–H groups in total. The fraction of sp³-hybridized carbons (Fsp3) is 0.586. The minimum atomic E-state index is -2.81. The number of hydrogen-bond donors (Lipinski definition) is 1. The lowest BCUT2D eigenvalue weighted by molar-refractivity contribution is -0.135. The Bertz CT molecular complexity index is 1340. The van der Waals surface area contributed by atoms with Crippen molar-refractivity contribution in [1.82, 2.24) is 29.3 Å². The van der Waals surface area contributed by atoms with Gasteiger partial charge in [-0.1, -0.05) is 12.1 Å². The molecule has 0 radical (unpaired) electrons. The Labute approximate surface area is 244 Å². The van der Waals surface area contributed by atoms with Gasteiger partial charge in [-0.25, -0.2) is 13.8 Å². The lowest BCUT2D eigenvalue weighted by atomic mass is 10.0. The van der Waals surface area contributed by atoms with Gasteiger partial charge in [0.05, 0.1) is 24.2 Å². The van der Waals surface area contributed by atoms with E-state index < -0.39 is 18.3 Å². The predicted octanol–water partition coefficient (Wildman–Crippen LogP) is 3.35. The molecule has 228 valence electrons. The molecule has 0 saturated carbocycles. The number of fused-ring (bicyclic) bond motifs is 1. The molecule has 2 aliphatic rings. The SMILES string of the molecule is COCCCN(C(=O)[C@H](C)Nc1nc(N2CCOCC2)cc(-n2c(C(F)F)nc3ccccc32)n1)C1CCN(C)CC1. The number of morpholine rings is 1. The van der Waals surface area contributed by atoms with Gasteiger partial charge in [0.2, 0.25) is 11.9 Å². The Kier molecular flexibility index (Phi) is 9.80. The molecule has 13 heteroatoms. The lowest BCUT2D eigenvalue weighted by Crippen LogP contribution is -2.51. The van der Waals surface area contributed by atoms with Crippen LogP contribution in [0.3, 0.4) is 0 Å². The number of anilines is 2. The number of likely N-dealkylation sites (tertiary alicyclic amines) is 1. The highest BCUT2D eigenvalue weighted by atomic mass is 19.3. The van der Waals surface area contributed by atoms with Crippen LogP contribution in [0.2, 0.25) is 0 Å². The minimum absolute atomic E-state index is 0.0519. The molecule has 0 unspecified atom stereocenters. The maximum absolute atomic E-state index is 14.2. The molecule has 4 heterocycles. The quantitative estimate of drug-likeness (QED) is 0.339. The van der Waals surface area contributed by atoms with Crippen LogP contribution in [0.5, 0.6) is 0 Å². The fourth-order valence-electron chi connectivity index (χ4n) is 5.65. The summed E-state index contributed by atoms with van der Waals surface area (Å²) in [6.07, 6.45) is -0.275.